The minimum atomic E-state index is -0.0564. The van der Waals surface area contributed by atoms with Crippen molar-refractivity contribution >= 4 is 17.4 Å². The van der Waals surface area contributed by atoms with E-state index in [2.05, 4.69) is 23.7 Å². The molecule has 2 amide bonds. The van der Waals surface area contributed by atoms with Crippen molar-refractivity contribution in [3.63, 3.8) is 0 Å². The molecule has 1 aliphatic carbocycles. The zero-order valence-corrected chi connectivity index (χ0v) is 15.8. The van der Waals surface area contributed by atoms with Gasteiger partial charge in [0.15, 0.2) is 0 Å². The molecule has 1 N–H and O–H groups in total. The van der Waals surface area contributed by atoms with Crippen LogP contribution in [0.1, 0.15) is 41.7 Å². The Balaban J connectivity index is 1.45. The number of thiophene rings is 1. The fraction of sp³-hybridized carbons (Fsp3) is 0.450. The van der Waals surface area contributed by atoms with Gasteiger partial charge in [0.25, 0.3) is 0 Å². The molecular weight excluding hydrogens is 332 g/mol. The molecule has 1 fully saturated rings. The Morgan fingerprint density at radius 2 is 1.96 bits per heavy atom. The Morgan fingerprint density at radius 3 is 2.60 bits per heavy atom. The molecule has 0 spiro atoms. The van der Waals surface area contributed by atoms with Crippen LogP contribution in [-0.2, 0) is 13.1 Å². The van der Waals surface area contributed by atoms with Gasteiger partial charge in [-0.25, -0.2) is 4.79 Å². The monoisotopic (exact) mass is 358 g/mol. The van der Waals surface area contributed by atoms with Gasteiger partial charge in [-0.15, -0.1) is 11.3 Å². The summed E-state index contributed by atoms with van der Waals surface area (Å²) in [5, 5.41) is 5.04. The van der Waals surface area contributed by atoms with Crippen LogP contribution in [0.2, 0.25) is 0 Å². The summed E-state index contributed by atoms with van der Waals surface area (Å²) in [6.45, 7) is 3.24. The molecule has 0 atom stereocenters. The van der Waals surface area contributed by atoms with E-state index in [1.165, 1.54) is 23.3 Å². The second-order valence-electron chi connectivity index (χ2n) is 6.71. The zero-order chi connectivity index (χ0) is 17.6. The molecular formula is C20H26N2O2S. The van der Waals surface area contributed by atoms with Crippen molar-refractivity contribution in [2.24, 2.45) is 0 Å². The van der Waals surface area contributed by atoms with Gasteiger partial charge in [0.1, 0.15) is 5.75 Å². The molecule has 1 heterocycles. The van der Waals surface area contributed by atoms with Crippen LogP contribution in [0, 0.1) is 6.92 Å². The van der Waals surface area contributed by atoms with E-state index >= 15 is 0 Å². The Hall–Kier alpha value is -2.01. The van der Waals surface area contributed by atoms with Crippen LogP contribution in [0.3, 0.4) is 0 Å². The number of hydrogen-bond donors (Lipinski definition) is 1. The zero-order valence-electron chi connectivity index (χ0n) is 15.0. The quantitative estimate of drug-likeness (QED) is 0.812. The number of ether oxygens (including phenoxy) is 1. The Morgan fingerprint density at radius 1 is 1.24 bits per heavy atom. The van der Waals surface area contributed by atoms with Crippen LogP contribution >= 0.6 is 11.3 Å². The van der Waals surface area contributed by atoms with E-state index in [1.807, 2.05) is 31.3 Å². The Bertz CT molecular complexity index is 690. The minimum absolute atomic E-state index is 0.0564. The van der Waals surface area contributed by atoms with Crippen LogP contribution < -0.4 is 10.1 Å². The molecule has 25 heavy (non-hydrogen) atoms. The molecule has 1 saturated carbocycles. The molecule has 0 radical (unpaired) electrons. The lowest BCUT2D eigenvalue weighted by atomic mass is 10.2. The summed E-state index contributed by atoms with van der Waals surface area (Å²) in [5.74, 6) is 0.923. The molecule has 0 unspecified atom stereocenters. The van der Waals surface area contributed by atoms with E-state index in [0.717, 1.165) is 24.2 Å². The molecule has 0 bridgehead atoms. The maximum atomic E-state index is 12.2. The molecule has 1 aliphatic rings. The van der Waals surface area contributed by atoms with Crippen molar-refractivity contribution in [1.29, 1.82) is 0 Å². The number of aryl methyl sites for hydroxylation is 1. The van der Waals surface area contributed by atoms with E-state index in [4.69, 9.17) is 4.74 Å². The lowest BCUT2D eigenvalue weighted by Gasteiger charge is -2.18. The molecule has 1 aromatic heterocycles. The maximum Gasteiger partial charge on any atom is 0.317 e. The molecule has 1 aromatic carbocycles. The fourth-order valence-electron chi connectivity index (χ4n) is 3.05. The van der Waals surface area contributed by atoms with Crippen molar-refractivity contribution < 1.29 is 9.53 Å². The molecule has 4 nitrogen and oxygen atoms in total. The SMILES string of the molecule is Cc1ccsc1CN(C)C(=O)NCc1ccc(OC2CCCC2)cc1. The highest BCUT2D eigenvalue weighted by molar-refractivity contribution is 7.10. The summed E-state index contributed by atoms with van der Waals surface area (Å²) < 4.78 is 5.97. The van der Waals surface area contributed by atoms with Gasteiger partial charge in [0.05, 0.1) is 12.6 Å². The fourth-order valence-corrected chi connectivity index (χ4v) is 4.01. The maximum absolute atomic E-state index is 12.2. The van der Waals surface area contributed by atoms with Gasteiger partial charge in [-0.3, -0.25) is 0 Å². The van der Waals surface area contributed by atoms with Gasteiger partial charge in [0, 0.05) is 18.5 Å². The largest absolute Gasteiger partial charge is 0.490 e. The predicted octanol–water partition coefficient (Wildman–Crippen LogP) is 4.72. The first-order valence-electron chi connectivity index (χ1n) is 8.89. The van der Waals surface area contributed by atoms with Crippen LogP contribution in [0.25, 0.3) is 0 Å². The molecule has 0 saturated heterocycles. The first-order chi connectivity index (χ1) is 12.1. The third kappa shape index (κ3) is 4.98. The van der Waals surface area contributed by atoms with Crippen LogP contribution in [0.4, 0.5) is 4.79 Å². The Labute approximate surface area is 153 Å². The Kier molecular flexibility index (Phi) is 5.97. The number of urea groups is 1. The lowest BCUT2D eigenvalue weighted by molar-refractivity contribution is 0.206. The first kappa shape index (κ1) is 17.8. The van der Waals surface area contributed by atoms with E-state index in [9.17, 15) is 4.79 Å². The van der Waals surface area contributed by atoms with Crippen LogP contribution in [-0.4, -0.2) is 24.1 Å². The highest BCUT2D eigenvalue weighted by Gasteiger charge is 2.16. The highest BCUT2D eigenvalue weighted by Crippen LogP contribution is 2.24. The van der Waals surface area contributed by atoms with Gasteiger partial charge in [-0.05, 0) is 67.3 Å². The number of nitrogens with one attached hydrogen (secondary N) is 1. The molecule has 2 aromatic rings. The topological polar surface area (TPSA) is 41.6 Å². The van der Waals surface area contributed by atoms with Crippen molar-refractivity contribution in [2.45, 2.75) is 51.8 Å². The third-order valence-electron chi connectivity index (χ3n) is 4.67. The second kappa shape index (κ2) is 8.39. The van der Waals surface area contributed by atoms with Crippen molar-refractivity contribution in [1.82, 2.24) is 10.2 Å². The molecule has 5 heteroatoms. The third-order valence-corrected chi connectivity index (χ3v) is 5.68. The molecule has 0 aliphatic heterocycles. The van der Waals surface area contributed by atoms with E-state index < -0.39 is 0 Å². The van der Waals surface area contributed by atoms with Gasteiger partial charge >= 0.3 is 6.03 Å². The summed E-state index contributed by atoms with van der Waals surface area (Å²) in [7, 11) is 1.83. The van der Waals surface area contributed by atoms with Gasteiger partial charge in [-0.2, -0.15) is 0 Å². The number of benzene rings is 1. The van der Waals surface area contributed by atoms with E-state index in [0.29, 0.717) is 19.2 Å². The average molecular weight is 359 g/mol. The van der Waals surface area contributed by atoms with E-state index in [1.54, 1.807) is 16.2 Å². The summed E-state index contributed by atoms with van der Waals surface area (Å²) in [6, 6.07) is 10.1. The number of amides is 2. The highest BCUT2D eigenvalue weighted by atomic mass is 32.1. The van der Waals surface area contributed by atoms with Crippen LogP contribution in [0.5, 0.6) is 5.75 Å². The average Bonchev–Trinajstić information content (AvgIpc) is 3.26. The number of nitrogens with zero attached hydrogens (tertiary/aromatic N) is 1. The lowest BCUT2D eigenvalue weighted by Crippen LogP contribution is -2.36. The molecule has 134 valence electrons. The smallest absolute Gasteiger partial charge is 0.317 e. The van der Waals surface area contributed by atoms with Crippen LogP contribution in [0.15, 0.2) is 35.7 Å². The normalized spacial score (nSPS) is 14.5. The van der Waals surface area contributed by atoms with E-state index in [-0.39, 0.29) is 6.03 Å². The first-order valence-corrected chi connectivity index (χ1v) is 9.77. The summed E-state index contributed by atoms with van der Waals surface area (Å²) >= 11 is 1.69. The number of carbonyl (C=O) groups is 1. The second-order valence-corrected chi connectivity index (χ2v) is 7.71. The standard InChI is InChI=1S/C20H26N2O2S/c1-15-11-12-25-19(15)14-22(2)20(23)21-13-16-7-9-18(10-8-16)24-17-5-3-4-6-17/h7-12,17H,3-6,13-14H2,1-2H3,(H,21,23). The predicted molar refractivity (Wildman–Crippen MR) is 102 cm³/mol. The van der Waals surface area contributed by atoms with Crippen molar-refractivity contribution in [3.8, 4) is 5.75 Å². The van der Waals surface area contributed by atoms with Gasteiger partial charge in [-0.1, -0.05) is 12.1 Å². The minimum Gasteiger partial charge on any atom is -0.490 e. The number of rotatable bonds is 6. The van der Waals surface area contributed by atoms with Crippen molar-refractivity contribution in [3.05, 3.63) is 51.7 Å². The molecule has 3 rings (SSSR count). The summed E-state index contributed by atoms with van der Waals surface area (Å²) in [5.41, 5.74) is 2.32. The number of hydrogen-bond acceptors (Lipinski definition) is 3. The van der Waals surface area contributed by atoms with Gasteiger partial charge < -0.3 is 15.0 Å². The summed E-state index contributed by atoms with van der Waals surface area (Å²) in [4.78, 5) is 15.2. The van der Waals surface area contributed by atoms with Crippen molar-refractivity contribution in [2.75, 3.05) is 7.05 Å². The number of carbonyl (C=O) groups excluding carboxylic acids is 1. The summed E-state index contributed by atoms with van der Waals surface area (Å²) in [6.07, 6.45) is 5.24. The van der Waals surface area contributed by atoms with Gasteiger partial charge in [0.2, 0.25) is 0 Å².